The number of hydrogen-bond acceptors (Lipinski definition) is 11. The molecule has 7 rings (SSSR count). The second kappa shape index (κ2) is 15.2. The molecule has 9 unspecified atom stereocenters. The number of amides is 3. The van der Waals surface area contributed by atoms with E-state index in [0.717, 1.165) is 43.3 Å². The minimum Gasteiger partial charge on any atom is -0.497 e. The molecule has 5 aliphatic rings. The molecular formula is C41H60N6O8S. The number of ether oxygens (including phenoxy) is 3. The first-order valence-corrected chi connectivity index (χ1v) is 22.1. The number of nitrogens with one attached hydrogen (secondary N) is 3. The van der Waals surface area contributed by atoms with Gasteiger partial charge in [-0.05, 0) is 87.7 Å². The average molecular weight is 797 g/mol. The maximum absolute atomic E-state index is 14.8. The zero-order valence-corrected chi connectivity index (χ0v) is 34.8. The van der Waals surface area contributed by atoms with E-state index in [1.54, 1.807) is 14.0 Å². The Kier molecular flexibility index (Phi) is 11.0. The van der Waals surface area contributed by atoms with Crippen molar-refractivity contribution >= 4 is 39.0 Å². The van der Waals surface area contributed by atoms with E-state index in [1.165, 1.54) is 0 Å². The number of fused-ring (bicyclic) bond motifs is 5. The number of sulfonamides is 1. The van der Waals surface area contributed by atoms with Gasteiger partial charge in [0.05, 0.1) is 28.9 Å². The van der Waals surface area contributed by atoms with E-state index in [0.29, 0.717) is 74.7 Å². The number of aromatic nitrogens is 2. The number of nitrogens with zero attached hydrogens (tertiary/aromatic N) is 3. The van der Waals surface area contributed by atoms with Crippen molar-refractivity contribution in [2.75, 3.05) is 20.2 Å². The molecule has 308 valence electrons. The fourth-order valence-corrected chi connectivity index (χ4v) is 10.0. The Morgan fingerprint density at radius 1 is 1.04 bits per heavy atom. The summed E-state index contributed by atoms with van der Waals surface area (Å²) in [4.78, 5) is 54.1. The number of carbonyl (C=O) groups is 3. The first-order valence-electron chi connectivity index (χ1n) is 20.6. The molecule has 4 fully saturated rings. The molecule has 2 bridgehead atoms. The largest absolute Gasteiger partial charge is 0.497 e. The van der Waals surface area contributed by atoms with Crippen molar-refractivity contribution in [1.82, 2.24) is 30.2 Å². The Bertz CT molecular complexity index is 1950. The highest BCUT2D eigenvalue weighted by molar-refractivity contribution is 7.91. The van der Waals surface area contributed by atoms with Crippen molar-refractivity contribution in [3.8, 4) is 11.6 Å². The van der Waals surface area contributed by atoms with Crippen molar-refractivity contribution in [2.24, 2.45) is 23.2 Å². The topological polar surface area (TPSA) is 178 Å². The van der Waals surface area contributed by atoms with Crippen LogP contribution in [0.25, 0.3) is 11.0 Å². The van der Waals surface area contributed by atoms with Gasteiger partial charge in [-0.1, -0.05) is 53.9 Å². The summed E-state index contributed by atoms with van der Waals surface area (Å²) < 4.78 is 46.0. The lowest BCUT2D eigenvalue weighted by Gasteiger charge is -2.37. The van der Waals surface area contributed by atoms with Gasteiger partial charge >= 0.3 is 6.09 Å². The Morgan fingerprint density at radius 3 is 2.46 bits per heavy atom. The summed E-state index contributed by atoms with van der Waals surface area (Å²) in [6.45, 7) is 12.4. The van der Waals surface area contributed by atoms with E-state index in [1.807, 2.05) is 57.7 Å². The molecule has 3 amide bonds. The number of carbonyl (C=O) groups excluding carboxylic acids is 3. The van der Waals surface area contributed by atoms with Gasteiger partial charge in [-0.25, -0.2) is 23.2 Å². The third-order valence-corrected chi connectivity index (χ3v) is 15.3. The van der Waals surface area contributed by atoms with Crippen LogP contribution in [0.5, 0.6) is 11.6 Å². The van der Waals surface area contributed by atoms with Gasteiger partial charge in [-0.2, -0.15) is 0 Å². The number of methoxy groups -OCH3 is 1. The predicted molar refractivity (Wildman–Crippen MR) is 211 cm³/mol. The summed E-state index contributed by atoms with van der Waals surface area (Å²) in [6, 6.07) is 4.43. The number of aryl methyl sites for hydroxylation is 1. The average Bonchev–Trinajstić information content (AvgIpc) is 4.09. The summed E-state index contributed by atoms with van der Waals surface area (Å²) in [5.41, 5.74) is 0.376. The smallest absolute Gasteiger partial charge is 0.407 e. The highest BCUT2D eigenvalue weighted by Crippen LogP contribution is 2.48. The van der Waals surface area contributed by atoms with Gasteiger partial charge < -0.3 is 24.8 Å². The molecule has 0 spiro atoms. The van der Waals surface area contributed by atoms with E-state index in [4.69, 9.17) is 24.2 Å². The SMILES string of the molecule is CCC1C2CN(CC(C(C)(C)C)NC(=O)OC3CC3CCCCCc3nc4ccc(OC)cc4nc3O2)C1C(=O)NC1(C(=O)NS(=O)(=O)C2(C)CC2)CC1CC. The molecule has 9 atom stereocenters. The molecule has 2 aromatic rings. The summed E-state index contributed by atoms with van der Waals surface area (Å²) in [7, 11) is -2.31. The van der Waals surface area contributed by atoms with E-state index in [2.05, 4.69) is 15.4 Å². The van der Waals surface area contributed by atoms with E-state index < -0.39 is 55.9 Å². The lowest BCUT2D eigenvalue weighted by Crippen LogP contribution is -2.59. The van der Waals surface area contributed by atoms with Crippen molar-refractivity contribution < 1.29 is 37.0 Å². The van der Waals surface area contributed by atoms with Crippen LogP contribution in [0.2, 0.25) is 0 Å². The third kappa shape index (κ3) is 8.17. The highest BCUT2D eigenvalue weighted by Gasteiger charge is 2.63. The Morgan fingerprint density at radius 2 is 1.80 bits per heavy atom. The molecule has 1 aromatic heterocycles. The fourth-order valence-electron chi connectivity index (χ4n) is 8.71. The van der Waals surface area contributed by atoms with Crippen molar-refractivity contribution in [3.05, 3.63) is 23.9 Å². The van der Waals surface area contributed by atoms with Crippen LogP contribution in [0.4, 0.5) is 4.79 Å². The molecule has 2 aliphatic heterocycles. The first-order chi connectivity index (χ1) is 26.5. The zero-order valence-electron chi connectivity index (χ0n) is 34.0. The van der Waals surface area contributed by atoms with Crippen LogP contribution in [0.15, 0.2) is 18.2 Å². The van der Waals surface area contributed by atoms with Gasteiger partial charge in [-0.3, -0.25) is 19.2 Å². The molecule has 14 nitrogen and oxygen atoms in total. The number of benzene rings is 1. The zero-order chi connectivity index (χ0) is 40.2. The Balaban J connectivity index is 1.23. The van der Waals surface area contributed by atoms with Gasteiger partial charge in [0.2, 0.25) is 21.8 Å². The van der Waals surface area contributed by atoms with Gasteiger partial charge in [0.1, 0.15) is 29.2 Å². The van der Waals surface area contributed by atoms with Crippen LogP contribution in [-0.2, 0) is 30.8 Å². The number of hydrogen-bond donors (Lipinski definition) is 3. The van der Waals surface area contributed by atoms with Gasteiger partial charge in [0, 0.05) is 31.1 Å². The molecule has 3 aliphatic carbocycles. The molecule has 1 saturated heterocycles. The predicted octanol–water partition coefficient (Wildman–Crippen LogP) is 5.03. The monoisotopic (exact) mass is 796 g/mol. The number of alkyl carbamates (subject to hydrolysis) is 1. The minimum absolute atomic E-state index is 0.101. The second-order valence-electron chi connectivity index (χ2n) is 18.2. The quantitative estimate of drug-likeness (QED) is 0.327. The molecule has 3 saturated carbocycles. The first kappa shape index (κ1) is 40.5. The maximum atomic E-state index is 14.8. The lowest BCUT2D eigenvalue weighted by atomic mass is 9.86. The lowest BCUT2D eigenvalue weighted by molar-refractivity contribution is -0.133. The molecule has 3 N–H and O–H groups in total. The van der Waals surface area contributed by atoms with Crippen molar-refractivity contribution in [1.29, 1.82) is 0 Å². The highest BCUT2D eigenvalue weighted by atomic mass is 32.2. The fraction of sp³-hybridized carbons (Fsp3) is 0.732. The van der Waals surface area contributed by atoms with Gasteiger partial charge in [0.25, 0.3) is 5.91 Å². The summed E-state index contributed by atoms with van der Waals surface area (Å²) in [5, 5.41) is 6.23. The summed E-state index contributed by atoms with van der Waals surface area (Å²) >= 11 is 0. The van der Waals surface area contributed by atoms with Crippen LogP contribution < -0.4 is 24.8 Å². The van der Waals surface area contributed by atoms with Crippen LogP contribution in [0.1, 0.15) is 111 Å². The van der Waals surface area contributed by atoms with Crippen molar-refractivity contribution in [3.63, 3.8) is 0 Å². The van der Waals surface area contributed by atoms with Crippen LogP contribution in [0, 0.1) is 23.2 Å². The third-order valence-electron chi connectivity index (χ3n) is 13.1. The van der Waals surface area contributed by atoms with E-state index >= 15 is 0 Å². The van der Waals surface area contributed by atoms with Crippen LogP contribution in [0.3, 0.4) is 0 Å². The number of rotatable bonds is 8. The molecule has 15 heteroatoms. The van der Waals surface area contributed by atoms with Gasteiger partial charge in [-0.15, -0.1) is 0 Å². The van der Waals surface area contributed by atoms with E-state index in [-0.39, 0.29) is 23.8 Å². The summed E-state index contributed by atoms with van der Waals surface area (Å²) in [6.07, 6.45) is 6.80. The molecule has 56 heavy (non-hydrogen) atoms. The molecular weight excluding hydrogens is 737 g/mol. The van der Waals surface area contributed by atoms with Crippen LogP contribution >= 0.6 is 0 Å². The maximum Gasteiger partial charge on any atom is 0.407 e. The van der Waals surface area contributed by atoms with Crippen molar-refractivity contribution in [2.45, 2.75) is 147 Å². The van der Waals surface area contributed by atoms with Gasteiger partial charge in [0.15, 0.2) is 0 Å². The minimum atomic E-state index is -3.92. The van der Waals surface area contributed by atoms with E-state index in [9.17, 15) is 22.8 Å². The molecule has 1 aromatic carbocycles. The van der Waals surface area contributed by atoms with Crippen LogP contribution in [-0.4, -0.2) is 96.0 Å². The Hall–Kier alpha value is -3.72. The normalized spacial score (nSPS) is 32.9. The standard InChI is InChI=1S/C41H60N6O8S/c1-8-25-21-41(25,37(49)46-56(51,52)40(6)17-18-40)45-35(48)34-27(9-2)32-22-47(34)23-33(39(3,4)5)44-38(50)55-31-19-24(31)13-11-10-12-14-29-36(54-32)43-30-20-26(53-7)15-16-28(30)42-29/h15-16,20,24-25,27,31-34H,8-14,17-19,21-23H2,1-7H3,(H,44,50)(H,45,48)(H,46,49). The molecule has 3 heterocycles. The second-order valence-corrected chi connectivity index (χ2v) is 20.4. The summed E-state index contributed by atoms with van der Waals surface area (Å²) in [5.74, 6) is -0.189. The Labute approximate surface area is 331 Å². The molecule has 0 radical (unpaired) electrons.